The zero-order valence-electron chi connectivity index (χ0n) is 9.43. The molecular formula is C10H15F3O3. The normalized spacial score (nSPS) is 10.6. The number of carbonyl (C=O) groups is 1. The van der Waals surface area contributed by atoms with Gasteiger partial charge in [-0.2, -0.15) is 8.78 Å². The average molecular weight is 240 g/mol. The van der Waals surface area contributed by atoms with Gasteiger partial charge in [0.1, 0.15) is 6.10 Å². The number of hydrogen-bond donors (Lipinski definition) is 0. The van der Waals surface area contributed by atoms with Gasteiger partial charge in [0, 0.05) is 13.2 Å². The van der Waals surface area contributed by atoms with Gasteiger partial charge in [0.15, 0.2) is 5.83 Å². The maximum absolute atomic E-state index is 11.9. The Morgan fingerprint density at radius 3 is 2.06 bits per heavy atom. The van der Waals surface area contributed by atoms with Crippen molar-refractivity contribution >= 4 is 5.97 Å². The van der Waals surface area contributed by atoms with E-state index >= 15 is 0 Å². The minimum atomic E-state index is -2.32. The topological polar surface area (TPSA) is 35.5 Å². The van der Waals surface area contributed by atoms with Gasteiger partial charge in [-0.15, -0.1) is 0 Å². The molecule has 0 aromatic carbocycles. The second-order valence-electron chi connectivity index (χ2n) is 2.44. The van der Waals surface area contributed by atoms with Crippen LogP contribution in [0, 0.1) is 0 Å². The number of carbonyl (C=O) groups excluding carboxylic acids is 1. The van der Waals surface area contributed by atoms with Gasteiger partial charge in [-0.3, -0.25) is 0 Å². The van der Waals surface area contributed by atoms with Gasteiger partial charge in [0.2, 0.25) is 0 Å². The summed E-state index contributed by atoms with van der Waals surface area (Å²) in [6.07, 6.45) is -2.32. The molecule has 0 heterocycles. The molecule has 0 rings (SSSR count). The first kappa shape index (κ1) is 17.1. The predicted octanol–water partition coefficient (Wildman–Crippen LogP) is 2.83. The van der Waals surface area contributed by atoms with E-state index in [0.29, 0.717) is 6.61 Å². The highest BCUT2D eigenvalue weighted by molar-refractivity contribution is 5.81. The molecule has 0 radical (unpaired) electrons. The molecule has 0 aliphatic heterocycles. The highest BCUT2D eigenvalue weighted by Gasteiger charge is 2.12. The van der Waals surface area contributed by atoms with Gasteiger partial charge in [0.05, 0.1) is 6.61 Å². The summed E-state index contributed by atoms with van der Waals surface area (Å²) in [6, 6.07) is 0. The Morgan fingerprint density at radius 2 is 1.94 bits per heavy atom. The lowest BCUT2D eigenvalue weighted by molar-refractivity contribution is -0.137. The van der Waals surface area contributed by atoms with E-state index < -0.39 is 18.0 Å². The summed E-state index contributed by atoms with van der Waals surface area (Å²) in [5.41, 5.74) is 0. The number of methoxy groups -OCH3 is 1. The second-order valence-corrected chi connectivity index (χ2v) is 2.44. The van der Waals surface area contributed by atoms with Crippen molar-refractivity contribution in [2.45, 2.75) is 20.0 Å². The predicted molar refractivity (Wildman–Crippen MR) is 53.7 cm³/mol. The van der Waals surface area contributed by atoms with Crippen LogP contribution in [0.4, 0.5) is 13.2 Å². The summed E-state index contributed by atoms with van der Waals surface area (Å²) < 4.78 is 43.2. The number of esters is 1. The fraction of sp³-hybridized carbons (Fsp3) is 0.500. The van der Waals surface area contributed by atoms with Gasteiger partial charge in [-0.05, 0) is 13.8 Å². The first-order valence-corrected chi connectivity index (χ1v) is 4.43. The molecule has 0 aliphatic carbocycles. The van der Waals surface area contributed by atoms with E-state index in [1.54, 1.807) is 6.92 Å². The minimum absolute atomic E-state index is 0.359. The van der Waals surface area contributed by atoms with Crippen molar-refractivity contribution in [2.24, 2.45) is 0 Å². The smallest absolute Gasteiger partial charge is 0.330 e. The SMILES string of the molecule is C=CC(=O)OCC.COC(C)C(F)=C(F)F. The van der Waals surface area contributed by atoms with Gasteiger partial charge < -0.3 is 9.47 Å². The molecule has 0 N–H and O–H groups in total. The van der Waals surface area contributed by atoms with E-state index in [4.69, 9.17) is 0 Å². The Hall–Kier alpha value is -1.30. The minimum Gasteiger partial charge on any atom is -0.463 e. The van der Waals surface area contributed by atoms with E-state index in [-0.39, 0.29) is 5.97 Å². The van der Waals surface area contributed by atoms with Crippen LogP contribution in [0.5, 0.6) is 0 Å². The Bertz CT molecular complexity index is 248. The molecule has 0 aliphatic rings. The van der Waals surface area contributed by atoms with E-state index in [0.717, 1.165) is 13.2 Å². The van der Waals surface area contributed by atoms with E-state index in [1.807, 2.05) is 0 Å². The summed E-state index contributed by atoms with van der Waals surface area (Å²) in [7, 11) is 1.16. The summed E-state index contributed by atoms with van der Waals surface area (Å²) in [4.78, 5) is 10.1. The maximum Gasteiger partial charge on any atom is 0.330 e. The molecule has 0 saturated carbocycles. The molecule has 94 valence electrons. The van der Waals surface area contributed by atoms with Crippen molar-refractivity contribution < 1.29 is 27.4 Å². The zero-order valence-corrected chi connectivity index (χ0v) is 9.43. The molecule has 6 heteroatoms. The van der Waals surface area contributed by atoms with Crippen molar-refractivity contribution in [2.75, 3.05) is 13.7 Å². The average Bonchev–Trinajstić information content (AvgIpc) is 2.27. The van der Waals surface area contributed by atoms with Crippen molar-refractivity contribution in [1.82, 2.24) is 0 Å². The quantitative estimate of drug-likeness (QED) is 0.560. The summed E-state index contributed by atoms with van der Waals surface area (Å²) >= 11 is 0. The molecule has 3 nitrogen and oxygen atoms in total. The Labute approximate surface area is 92.5 Å². The van der Waals surface area contributed by atoms with Gasteiger partial charge in [-0.1, -0.05) is 6.58 Å². The van der Waals surface area contributed by atoms with Crippen LogP contribution >= 0.6 is 0 Å². The van der Waals surface area contributed by atoms with E-state index in [9.17, 15) is 18.0 Å². The fourth-order valence-corrected chi connectivity index (χ4v) is 0.458. The standard InChI is InChI=1S/C5H7F3O.C5H8O2/c1-3(9-2)4(6)5(7)8;1-3-5(6)7-4-2/h3H,1-2H3;3H,1,4H2,2H3. The van der Waals surface area contributed by atoms with Crippen molar-refractivity contribution in [3.05, 3.63) is 24.6 Å². The van der Waals surface area contributed by atoms with Crippen LogP contribution in [-0.4, -0.2) is 25.8 Å². The third kappa shape index (κ3) is 9.26. The lowest BCUT2D eigenvalue weighted by Gasteiger charge is -2.03. The van der Waals surface area contributed by atoms with Crippen molar-refractivity contribution in [3.8, 4) is 0 Å². The number of hydrogen-bond acceptors (Lipinski definition) is 3. The van der Waals surface area contributed by atoms with Crippen LogP contribution in [0.3, 0.4) is 0 Å². The van der Waals surface area contributed by atoms with Gasteiger partial charge in [-0.25, -0.2) is 9.18 Å². The lowest BCUT2D eigenvalue weighted by Crippen LogP contribution is -2.05. The van der Waals surface area contributed by atoms with Crippen LogP contribution in [0.25, 0.3) is 0 Å². The largest absolute Gasteiger partial charge is 0.463 e. The molecule has 0 aromatic rings. The molecule has 0 spiro atoms. The molecule has 0 aromatic heterocycles. The van der Waals surface area contributed by atoms with Crippen molar-refractivity contribution in [1.29, 1.82) is 0 Å². The number of ether oxygens (including phenoxy) is 2. The summed E-state index contributed by atoms with van der Waals surface area (Å²) in [5, 5.41) is 0. The monoisotopic (exact) mass is 240 g/mol. The molecule has 1 unspecified atom stereocenters. The maximum atomic E-state index is 11.9. The van der Waals surface area contributed by atoms with Crippen molar-refractivity contribution in [3.63, 3.8) is 0 Å². The van der Waals surface area contributed by atoms with Crippen LogP contribution in [0.2, 0.25) is 0 Å². The van der Waals surface area contributed by atoms with Gasteiger partial charge >= 0.3 is 12.0 Å². The van der Waals surface area contributed by atoms with E-state index in [2.05, 4.69) is 16.1 Å². The first-order valence-electron chi connectivity index (χ1n) is 4.43. The van der Waals surface area contributed by atoms with Crippen LogP contribution < -0.4 is 0 Å². The highest BCUT2D eigenvalue weighted by Crippen LogP contribution is 2.14. The fourth-order valence-electron chi connectivity index (χ4n) is 0.458. The molecular weight excluding hydrogens is 225 g/mol. The summed E-state index contributed by atoms with van der Waals surface area (Å²) in [5.74, 6) is -1.86. The molecule has 0 amide bonds. The van der Waals surface area contributed by atoms with Gasteiger partial charge in [0.25, 0.3) is 0 Å². The highest BCUT2D eigenvalue weighted by atomic mass is 19.3. The third-order valence-electron chi connectivity index (χ3n) is 1.34. The molecule has 0 saturated heterocycles. The van der Waals surface area contributed by atoms with Crippen LogP contribution in [0.1, 0.15) is 13.8 Å². The second kappa shape index (κ2) is 10.2. The molecule has 1 atom stereocenters. The molecule has 0 bridgehead atoms. The Kier molecular flexibility index (Phi) is 10.9. The van der Waals surface area contributed by atoms with Crippen LogP contribution in [0.15, 0.2) is 24.6 Å². The van der Waals surface area contributed by atoms with E-state index in [1.165, 1.54) is 6.92 Å². The molecule has 16 heavy (non-hydrogen) atoms. The first-order chi connectivity index (χ1) is 7.40. The number of rotatable bonds is 4. The zero-order chi connectivity index (χ0) is 13.1. The lowest BCUT2D eigenvalue weighted by atomic mass is 10.4. The number of halogens is 3. The van der Waals surface area contributed by atoms with Crippen LogP contribution in [-0.2, 0) is 14.3 Å². The molecule has 0 fully saturated rings. The summed E-state index contributed by atoms with van der Waals surface area (Å²) in [6.45, 7) is 6.58. The Morgan fingerprint density at radius 1 is 1.44 bits per heavy atom. The Balaban J connectivity index is 0. The third-order valence-corrected chi connectivity index (χ3v) is 1.34.